The quantitative estimate of drug-likeness (QED) is 0.689. The summed E-state index contributed by atoms with van der Waals surface area (Å²) in [6, 6.07) is 7.31. The van der Waals surface area contributed by atoms with Gasteiger partial charge in [0.1, 0.15) is 0 Å². The van der Waals surface area contributed by atoms with Crippen molar-refractivity contribution >= 4 is 15.9 Å². The van der Waals surface area contributed by atoms with Gasteiger partial charge in [0, 0.05) is 24.2 Å². The summed E-state index contributed by atoms with van der Waals surface area (Å²) in [5, 5.41) is 3.69. The molecule has 1 atom stereocenters. The summed E-state index contributed by atoms with van der Waals surface area (Å²) in [6.45, 7) is 3.32. The van der Waals surface area contributed by atoms with Crippen molar-refractivity contribution in [3.05, 3.63) is 33.8 Å². The second kappa shape index (κ2) is 9.57. The summed E-state index contributed by atoms with van der Waals surface area (Å²) >= 11 is 3.55. The highest BCUT2D eigenvalue weighted by Gasteiger charge is 2.17. The van der Waals surface area contributed by atoms with Gasteiger partial charge >= 0.3 is 0 Å². The van der Waals surface area contributed by atoms with Crippen LogP contribution in [0.5, 0.6) is 0 Å². The molecular weight excluding hydrogens is 330 g/mol. The molecule has 1 aliphatic carbocycles. The van der Waals surface area contributed by atoms with Crippen LogP contribution < -0.4 is 5.32 Å². The number of halogens is 1. The third-order valence-corrected chi connectivity index (χ3v) is 4.47. The third-order valence-electron chi connectivity index (χ3n) is 3.98. The fourth-order valence-electron chi connectivity index (χ4n) is 2.78. The van der Waals surface area contributed by atoms with Crippen molar-refractivity contribution < 1.29 is 9.47 Å². The normalized spacial score (nSPS) is 17.7. The van der Waals surface area contributed by atoms with E-state index in [4.69, 9.17) is 9.47 Å². The fraction of sp³-hybridized carbons (Fsp3) is 0.647. The molecule has 0 heterocycles. The van der Waals surface area contributed by atoms with Crippen molar-refractivity contribution in [2.75, 3.05) is 33.5 Å². The molecule has 4 heteroatoms. The van der Waals surface area contributed by atoms with E-state index in [0.29, 0.717) is 19.3 Å². The lowest BCUT2D eigenvalue weighted by Gasteiger charge is -2.25. The van der Waals surface area contributed by atoms with Gasteiger partial charge < -0.3 is 14.8 Å². The Hall–Kier alpha value is -0.420. The zero-order valence-electron chi connectivity index (χ0n) is 12.9. The Balaban J connectivity index is 1.57. The molecule has 0 spiro atoms. The second-order valence-corrected chi connectivity index (χ2v) is 6.53. The van der Waals surface area contributed by atoms with E-state index < -0.39 is 0 Å². The predicted molar refractivity (Wildman–Crippen MR) is 89.9 cm³/mol. The van der Waals surface area contributed by atoms with Crippen LogP contribution in [-0.4, -0.2) is 39.5 Å². The standard InChI is InChI=1S/C17H26BrNO2/c1-20-10-11-21-9-3-2-8-19-17-7-5-14-12-16(18)6-4-15(14)13-17/h4,6,12,17,19H,2-3,5,7-11,13H2,1H3. The van der Waals surface area contributed by atoms with Crippen LogP contribution in [0.25, 0.3) is 0 Å². The highest BCUT2D eigenvalue weighted by Crippen LogP contribution is 2.24. The Labute approximate surface area is 136 Å². The Kier molecular flexibility index (Phi) is 7.72. The molecule has 0 aromatic heterocycles. The number of nitrogens with one attached hydrogen (secondary N) is 1. The molecule has 1 aromatic rings. The molecular formula is C17H26BrNO2. The van der Waals surface area contributed by atoms with E-state index in [-0.39, 0.29) is 0 Å². The van der Waals surface area contributed by atoms with Gasteiger partial charge in [-0.3, -0.25) is 0 Å². The van der Waals surface area contributed by atoms with Crippen LogP contribution in [0.1, 0.15) is 30.4 Å². The number of methoxy groups -OCH3 is 1. The average Bonchev–Trinajstić information content (AvgIpc) is 2.50. The highest BCUT2D eigenvalue weighted by molar-refractivity contribution is 9.10. The lowest BCUT2D eigenvalue weighted by molar-refractivity contribution is 0.0687. The number of benzene rings is 1. The van der Waals surface area contributed by atoms with Crippen molar-refractivity contribution in [2.24, 2.45) is 0 Å². The van der Waals surface area contributed by atoms with Crippen LogP contribution in [0.4, 0.5) is 0 Å². The zero-order valence-corrected chi connectivity index (χ0v) is 14.5. The molecule has 3 nitrogen and oxygen atoms in total. The van der Waals surface area contributed by atoms with Crippen LogP contribution in [0, 0.1) is 0 Å². The number of unbranched alkanes of at least 4 members (excludes halogenated alkanes) is 1. The van der Waals surface area contributed by atoms with Crippen molar-refractivity contribution in [3.8, 4) is 0 Å². The topological polar surface area (TPSA) is 30.5 Å². The maximum absolute atomic E-state index is 5.47. The van der Waals surface area contributed by atoms with Gasteiger partial charge in [-0.15, -0.1) is 0 Å². The number of hydrogen-bond donors (Lipinski definition) is 1. The van der Waals surface area contributed by atoms with Gasteiger partial charge in [0.15, 0.2) is 0 Å². The molecule has 0 saturated heterocycles. The summed E-state index contributed by atoms with van der Waals surface area (Å²) in [6.07, 6.45) is 5.89. The maximum Gasteiger partial charge on any atom is 0.0700 e. The third kappa shape index (κ3) is 6.07. The molecule has 0 aliphatic heterocycles. The maximum atomic E-state index is 5.47. The van der Waals surface area contributed by atoms with Crippen molar-refractivity contribution in [1.29, 1.82) is 0 Å². The Morgan fingerprint density at radius 3 is 2.95 bits per heavy atom. The summed E-state index contributed by atoms with van der Waals surface area (Å²) in [4.78, 5) is 0. The Bertz CT molecular complexity index is 425. The number of ether oxygens (including phenoxy) is 2. The van der Waals surface area contributed by atoms with E-state index in [0.717, 1.165) is 26.0 Å². The van der Waals surface area contributed by atoms with E-state index in [2.05, 4.69) is 39.4 Å². The van der Waals surface area contributed by atoms with E-state index in [9.17, 15) is 0 Å². The number of fused-ring (bicyclic) bond motifs is 1. The van der Waals surface area contributed by atoms with E-state index >= 15 is 0 Å². The van der Waals surface area contributed by atoms with Crippen molar-refractivity contribution in [2.45, 2.75) is 38.1 Å². The van der Waals surface area contributed by atoms with E-state index in [1.54, 1.807) is 7.11 Å². The first-order valence-electron chi connectivity index (χ1n) is 7.87. The Morgan fingerprint density at radius 1 is 1.19 bits per heavy atom. The molecule has 21 heavy (non-hydrogen) atoms. The molecule has 0 radical (unpaired) electrons. The summed E-state index contributed by atoms with van der Waals surface area (Å²) in [5.74, 6) is 0. The number of rotatable bonds is 9. The first-order chi connectivity index (χ1) is 10.3. The molecule has 1 unspecified atom stereocenters. The van der Waals surface area contributed by atoms with Gasteiger partial charge in [0.2, 0.25) is 0 Å². The summed E-state index contributed by atoms with van der Waals surface area (Å²) in [7, 11) is 1.70. The predicted octanol–water partition coefficient (Wildman–Crippen LogP) is 3.34. The van der Waals surface area contributed by atoms with Crippen LogP contribution >= 0.6 is 15.9 Å². The van der Waals surface area contributed by atoms with E-state index in [1.807, 2.05) is 0 Å². The van der Waals surface area contributed by atoms with Crippen molar-refractivity contribution in [3.63, 3.8) is 0 Å². The lowest BCUT2D eigenvalue weighted by Crippen LogP contribution is -2.35. The molecule has 1 aromatic carbocycles. The van der Waals surface area contributed by atoms with E-state index in [1.165, 1.54) is 34.9 Å². The van der Waals surface area contributed by atoms with Gasteiger partial charge in [0.25, 0.3) is 0 Å². The monoisotopic (exact) mass is 355 g/mol. The zero-order chi connectivity index (χ0) is 14.9. The van der Waals surface area contributed by atoms with Crippen LogP contribution in [-0.2, 0) is 22.3 Å². The molecule has 118 valence electrons. The molecule has 0 saturated carbocycles. The molecule has 2 rings (SSSR count). The molecule has 0 bridgehead atoms. The number of aryl methyl sites for hydroxylation is 1. The minimum Gasteiger partial charge on any atom is -0.382 e. The second-order valence-electron chi connectivity index (χ2n) is 5.62. The molecule has 1 aliphatic rings. The molecule has 0 amide bonds. The van der Waals surface area contributed by atoms with Gasteiger partial charge in [-0.25, -0.2) is 0 Å². The molecule has 1 N–H and O–H groups in total. The summed E-state index contributed by atoms with van der Waals surface area (Å²) < 4.78 is 11.6. The van der Waals surface area contributed by atoms with Gasteiger partial charge in [-0.2, -0.15) is 0 Å². The minimum absolute atomic E-state index is 0.632. The van der Waals surface area contributed by atoms with Gasteiger partial charge in [-0.05, 0) is 61.9 Å². The smallest absolute Gasteiger partial charge is 0.0700 e. The lowest BCUT2D eigenvalue weighted by atomic mass is 9.88. The van der Waals surface area contributed by atoms with Gasteiger partial charge in [0.05, 0.1) is 13.2 Å². The van der Waals surface area contributed by atoms with Crippen molar-refractivity contribution in [1.82, 2.24) is 5.32 Å². The van der Waals surface area contributed by atoms with Gasteiger partial charge in [-0.1, -0.05) is 22.0 Å². The summed E-state index contributed by atoms with van der Waals surface area (Å²) in [5.41, 5.74) is 3.01. The van der Waals surface area contributed by atoms with Crippen LogP contribution in [0.2, 0.25) is 0 Å². The first kappa shape index (κ1) is 16.9. The Morgan fingerprint density at radius 2 is 2.10 bits per heavy atom. The average molecular weight is 356 g/mol. The molecule has 0 fully saturated rings. The first-order valence-corrected chi connectivity index (χ1v) is 8.66. The van der Waals surface area contributed by atoms with Crippen LogP contribution in [0.3, 0.4) is 0 Å². The fourth-order valence-corrected chi connectivity index (χ4v) is 3.19. The van der Waals surface area contributed by atoms with Crippen LogP contribution in [0.15, 0.2) is 22.7 Å². The largest absolute Gasteiger partial charge is 0.382 e. The SMILES string of the molecule is COCCOCCCCNC1CCc2cc(Br)ccc2C1. The minimum atomic E-state index is 0.632. The highest BCUT2D eigenvalue weighted by atomic mass is 79.9. The number of hydrogen-bond acceptors (Lipinski definition) is 3.